The molecule has 0 aliphatic carbocycles. The first-order chi connectivity index (χ1) is 11.2. The summed E-state index contributed by atoms with van der Waals surface area (Å²) in [5.41, 5.74) is 8.85. The molecule has 1 fully saturated rings. The molecule has 0 radical (unpaired) electrons. The monoisotopic (exact) mass is 311 g/mol. The quantitative estimate of drug-likeness (QED) is 0.896. The Morgan fingerprint density at radius 2 is 2.35 bits per heavy atom. The summed E-state index contributed by atoms with van der Waals surface area (Å²) in [5.74, 6) is 1.14. The fourth-order valence-electron chi connectivity index (χ4n) is 3.14. The van der Waals surface area contributed by atoms with Crippen molar-refractivity contribution in [3.63, 3.8) is 0 Å². The Balaban J connectivity index is 1.87. The van der Waals surface area contributed by atoms with Gasteiger partial charge >= 0.3 is 0 Å². The molecule has 0 saturated carbocycles. The molecule has 23 heavy (non-hydrogen) atoms. The van der Waals surface area contributed by atoms with Gasteiger partial charge in [-0.3, -0.25) is 4.98 Å². The Labute approximate surface area is 135 Å². The summed E-state index contributed by atoms with van der Waals surface area (Å²) in [7, 11) is 1.59. The van der Waals surface area contributed by atoms with Gasteiger partial charge in [-0.15, -0.1) is 0 Å². The Morgan fingerprint density at radius 1 is 1.48 bits per heavy atom. The van der Waals surface area contributed by atoms with Crippen molar-refractivity contribution >= 4 is 11.0 Å². The fraction of sp³-hybridized carbons (Fsp3) is 0.471. The van der Waals surface area contributed by atoms with Crippen LogP contribution in [0.25, 0.3) is 11.0 Å². The lowest BCUT2D eigenvalue weighted by Crippen LogP contribution is -2.25. The van der Waals surface area contributed by atoms with Crippen LogP contribution in [0.1, 0.15) is 17.5 Å². The van der Waals surface area contributed by atoms with Crippen LogP contribution in [0.2, 0.25) is 0 Å². The lowest BCUT2D eigenvalue weighted by molar-refractivity contribution is 0.330. The maximum absolute atomic E-state index is 9.40. The van der Waals surface area contributed by atoms with Gasteiger partial charge in [0.2, 0.25) is 5.88 Å². The highest BCUT2D eigenvalue weighted by molar-refractivity contribution is 5.80. The standard InChI is InChI=1S/C17H21N5O/c1-23-16-3-2-15-17(21-16)14(13(9-19)10-20-15)5-7-22-6-4-12(8-18)11-22/h2-3,10,12H,4-8,11,18H2,1H3/t12-/m0/s1. The zero-order valence-electron chi connectivity index (χ0n) is 13.3. The van der Waals surface area contributed by atoms with Crippen LogP contribution in [-0.2, 0) is 6.42 Å². The number of hydrogen-bond donors (Lipinski definition) is 1. The number of hydrogen-bond acceptors (Lipinski definition) is 6. The Hall–Kier alpha value is -2.23. The van der Waals surface area contributed by atoms with E-state index in [0.717, 1.165) is 55.6 Å². The number of aromatic nitrogens is 2. The van der Waals surface area contributed by atoms with E-state index in [1.807, 2.05) is 6.07 Å². The van der Waals surface area contributed by atoms with Crippen molar-refractivity contribution in [3.05, 3.63) is 29.5 Å². The first-order valence-corrected chi connectivity index (χ1v) is 7.90. The van der Waals surface area contributed by atoms with E-state index in [-0.39, 0.29) is 0 Å². The van der Waals surface area contributed by atoms with Crippen LogP contribution in [0.3, 0.4) is 0 Å². The molecular formula is C17H21N5O. The lowest BCUT2D eigenvalue weighted by atomic mass is 10.0. The molecule has 1 saturated heterocycles. The van der Waals surface area contributed by atoms with Crippen LogP contribution in [0.15, 0.2) is 18.3 Å². The van der Waals surface area contributed by atoms with Crippen LogP contribution in [0.4, 0.5) is 0 Å². The smallest absolute Gasteiger partial charge is 0.213 e. The maximum atomic E-state index is 9.40. The van der Waals surface area contributed by atoms with E-state index in [4.69, 9.17) is 10.5 Å². The van der Waals surface area contributed by atoms with E-state index in [9.17, 15) is 5.26 Å². The largest absolute Gasteiger partial charge is 0.481 e. The summed E-state index contributed by atoms with van der Waals surface area (Å²) in [5, 5.41) is 9.40. The van der Waals surface area contributed by atoms with Crippen molar-refractivity contribution in [2.45, 2.75) is 12.8 Å². The van der Waals surface area contributed by atoms with Gasteiger partial charge in [-0.25, -0.2) is 4.98 Å². The van der Waals surface area contributed by atoms with Gasteiger partial charge in [-0.05, 0) is 37.9 Å². The molecule has 0 amide bonds. The minimum absolute atomic E-state index is 0.542. The third-order valence-corrected chi connectivity index (χ3v) is 4.50. The van der Waals surface area contributed by atoms with Crippen LogP contribution in [0.5, 0.6) is 5.88 Å². The second-order valence-corrected chi connectivity index (χ2v) is 5.92. The van der Waals surface area contributed by atoms with Crippen molar-refractivity contribution in [1.29, 1.82) is 5.26 Å². The molecule has 6 nitrogen and oxygen atoms in total. The van der Waals surface area contributed by atoms with E-state index in [1.165, 1.54) is 0 Å². The Morgan fingerprint density at radius 3 is 3.04 bits per heavy atom. The topological polar surface area (TPSA) is 88.1 Å². The highest BCUT2D eigenvalue weighted by Gasteiger charge is 2.21. The number of methoxy groups -OCH3 is 1. The van der Waals surface area contributed by atoms with Gasteiger partial charge in [0.1, 0.15) is 6.07 Å². The number of likely N-dealkylation sites (tertiary alicyclic amines) is 1. The number of nitrogens with zero attached hydrogens (tertiary/aromatic N) is 4. The van der Waals surface area contributed by atoms with Gasteiger partial charge < -0.3 is 15.4 Å². The number of pyridine rings is 2. The minimum atomic E-state index is 0.542. The van der Waals surface area contributed by atoms with Crippen molar-refractivity contribution in [1.82, 2.24) is 14.9 Å². The van der Waals surface area contributed by atoms with Crippen molar-refractivity contribution in [3.8, 4) is 11.9 Å². The molecule has 1 atom stereocenters. The molecule has 2 aromatic heterocycles. The molecular weight excluding hydrogens is 290 g/mol. The molecule has 3 heterocycles. The molecule has 6 heteroatoms. The second kappa shape index (κ2) is 6.90. The van der Waals surface area contributed by atoms with E-state index < -0.39 is 0 Å². The SMILES string of the molecule is COc1ccc2ncc(C#N)c(CCN3CC[C@@H](CN)C3)c2n1. The third kappa shape index (κ3) is 3.26. The molecule has 2 N–H and O–H groups in total. The molecule has 1 aliphatic heterocycles. The van der Waals surface area contributed by atoms with E-state index in [0.29, 0.717) is 17.4 Å². The van der Waals surface area contributed by atoms with Crippen molar-refractivity contribution < 1.29 is 4.74 Å². The number of rotatable bonds is 5. The van der Waals surface area contributed by atoms with Crippen molar-refractivity contribution in [2.24, 2.45) is 11.7 Å². The molecule has 2 aromatic rings. The fourth-order valence-corrected chi connectivity index (χ4v) is 3.14. The summed E-state index contributed by atoms with van der Waals surface area (Å²) in [6.07, 6.45) is 3.57. The summed E-state index contributed by atoms with van der Waals surface area (Å²) < 4.78 is 5.21. The maximum Gasteiger partial charge on any atom is 0.213 e. The van der Waals surface area contributed by atoms with Gasteiger partial charge in [-0.2, -0.15) is 5.26 Å². The zero-order valence-corrected chi connectivity index (χ0v) is 13.3. The van der Waals surface area contributed by atoms with Gasteiger partial charge in [-0.1, -0.05) is 0 Å². The van der Waals surface area contributed by atoms with Gasteiger partial charge in [0, 0.05) is 30.9 Å². The predicted molar refractivity (Wildman–Crippen MR) is 88.1 cm³/mol. The summed E-state index contributed by atoms with van der Waals surface area (Å²) in [6, 6.07) is 5.91. The third-order valence-electron chi connectivity index (χ3n) is 4.50. The average molecular weight is 311 g/mol. The van der Waals surface area contributed by atoms with Gasteiger partial charge in [0.05, 0.1) is 23.7 Å². The molecule has 0 aromatic carbocycles. The average Bonchev–Trinajstić information content (AvgIpc) is 3.07. The van der Waals surface area contributed by atoms with Crippen molar-refractivity contribution in [2.75, 3.05) is 33.3 Å². The number of ether oxygens (including phenoxy) is 1. The Kier molecular flexibility index (Phi) is 4.70. The van der Waals surface area contributed by atoms with E-state index in [1.54, 1.807) is 19.4 Å². The normalized spacial score (nSPS) is 18.2. The first kappa shape index (κ1) is 15.7. The highest BCUT2D eigenvalue weighted by atomic mass is 16.5. The van der Waals surface area contributed by atoms with Crippen LogP contribution >= 0.6 is 0 Å². The highest BCUT2D eigenvalue weighted by Crippen LogP contribution is 2.23. The molecule has 3 rings (SSSR count). The van der Waals surface area contributed by atoms with Gasteiger partial charge in [0.25, 0.3) is 0 Å². The number of nitrogens with two attached hydrogens (primary N) is 1. The molecule has 0 spiro atoms. The van der Waals surface area contributed by atoms with E-state index in [2.05, 4.69) is 20.9 Å². The van der Waals surface area contributed by atoms with Crippen LogP contribution in [-0.4, -0.2) is 48.2 Å². The summed E-state index contributed by atoms with van der Waals surface area (Å²) >= 11 is 0. The molecule has 1 aliphatic rings. The lowest BCUT2D eigenvalue weighted by Gasteiger charge is -2.16. The zero-order chi connectivity index (χ0) is 16.2. The van der Waals surface area contributed by atoms with E-state index >= 15 is 0 Å². The molecule has 120 valence electrons. The summed E-state index contributed by atoms with van der Waals surface area (Å²) in [6.45, 7) is 3.77. The number of nitriles is 1. The predicted octanol–water partition coefficient (Wildman–Crippen LogP) is 1.33. The minimum Gasteiger partial charge on any atom is -0.481 e. The van der Waals surface area contributed by atoms with Gasteiger partial charge in [0.15, 0.2) is 0 Å². The van der Waals surface area contributed by atoms with Crippen LogP contribution < -0.4 is 10.5 Å². The van der Waals surface area contributed by atoms with Crippen LogP contribution in [0, 0.1) is 17.2 Å². The summed E-state index contributed by atoms with van der Waals surface area (Å²) in [4.78, 5) is 11.2. The second-order valence-electron chi connectivity index (χ2n) is 5.92. The Bertz CT molecular complexity index is 740. The first-order valence-electron chi connectivity index (χ1n) is 7.90. The molecule has 0 bridgehead atoms. The number of fused-ring (bicyclic) bond motifs is 1. The molecule has 0 unspecified atom stereocenters.